The molecule has 0 aromatic carbocycles. The zero-order chi connectivity index (χ0) is 13.0. The first kappa shape index (κ1) is 12.3. The molecule has 2 heteroatoms. The lowest BCUT2D eigenvalue weighted by atomic mass is 9.68. The van der Waals surface area contributed by atoms with Crippen LogP contribution in [0.3, 0.4) is 0 Å². The fourth-order valence-corrected chi connectivity index (χ4v) is 4.54. The molecule has 0 spiro atoms. The molecule has 0 radical (unpaired) electrons. The lowest BCUT2D eigenvalue weighted by Gasteiger charge is -2.37. The van der Waals surface area contributed by atoms with Gasteiger partial charge in [0.15, 0.2) is 0 Å². The van der Waals surface area contributed by atoms with Crippen molar-refractivity contribution in [2.24, 2.45) is 16.7 Å². The summed E-state index contributed by atoms with van der Waals surface area (Å²) in [5.41, 5.74) is 1.13. The van der Waals surface area contributed by atoms with E-state index >= 15 is 0 Å². The van der Waals surface area contributed by atoms with Gasteiger partial charge in [0, 0.05) is 6.04 Å². The Hall–Kier alpha value is -0.790. The van der Waals surface area contributed by atoms with Crippen molar-refractivity contribution in [3.05, 3.63) is 12.2 Å². The van der Waals surface area contributed by atoms with E-state index in [-0.39, 0.29) is 16.7 Å². The summed E-state index contributed by atoms with van der Waals surface area (Å²) in [5, 5.41) is 3.31. The number of hydrogen-bond acceptors (Lipinski definition) is 1. The van der Waals surface area contributed by atoms with Crippen LogP contribution in [-0.2, 0) is 4.79 Å². The molecule has 18 heavy (non-hydrogen) atoms. The summed E-state index contributed by atoms with van der Waals surface area (Å²) < 4.78 is 0. The van der Waals surface area contributed by atoms with Gasteiger partial charge in [0.25, 0.3) is 0 Å². The Morgan fingerprint density at radius 2 is 1.94 bits per heavy atom. The van der Waals surface area contributed by atoms with E-state index in [1.54, 1.807) is 0 Å². The molecule has 2 nitrogen and oxygen atoms in total. The summed E-state index contributed by atoms with van der Waals surface area (Å²) in [6.07, 6.45) is 8.14. The number of nitrogens with one attached hydrogen (secondary N) is 1. The predicted octanol–water partition coefficient (Wildman–Crippen LogP) is 3.43. The second-order valence-electron chi connectivity index (χ2n) is 7.18. The Bertz CT molecular complexity index is 392. The molecule has 3 saturated carbocycles. The molecule has 2 bridgehead atoms. The Morgan fingerprint density at radius 1 is 1.28 bits per heavy atom. The van der Waals surface area contributed by atoms with E-state index in [9.17, 15) is 4.79 Å². The number of carbonyl (C=O) groups excluding carboxylic acids is 1. The summed E-state index contributed by atoms with van der Waals surface area (Å²) in [4.78, 5) is 12.7. The highest BCUT2D eigenvalue weighted by Gasteiger charge is 2.60. The molecule has 0 heterocycles. The Morgan fingerprint density at radius 3 is 2.50 bits per heavy atom. The molecule has 0 saturated heterocycles. The quantitative estimate of drug-likeness (QED) is 0.744. The largest absolute Gasteiger partial charge is 0.353 e. The number of fused-ring (bicyclic) bond motifs is 2. The van der Waals surface area contributed by atoms with E-state index in [0.29, 0.717) is 12.0 Å². The third kappa shape index (κ3) is 1.50. The molecule has 3 aliphatic carbocycles. The molecule has 0 unspecified atom stereocenters. The number of amides is 1. The minimum atomic E-state index is -0.225. The fraction of sp³-hybridized carbons (Fsp3) is 0.812. The molecule has 100 valence electrons. The third-order valence-electron chi connectivity index (χ3n) is 6.02. The van der Waals surface area contributed by atoms with E-state index in [1.165, 1.54) is 37.7 Å². The molecule has 3 fully saturated rings. The summed E-state index contributed by atoms with van der Waals surface area (Å²) in [5.74, 6) is 0.951. The minimum absolute atomic E-state index is 0.158. The molecule has 1 N–H and O–H groups in total. The number of rotatable bonds is 2. The predicted molar refractivity (Wildman–Crippen MR) is 73.1 cm³/mol. The summed E-state index contributed by atoms with van der Waals surface area (Å²) in [6.45, 7) is 8.83. The second kappa shape index (κ2) is 3.85. The van der Waals surface area contributed by atoms with Crippen molar-refractivity contribution < 1.29 is 4.79 Å². The standard InChI is InChI=1S/C16H25NO/c1-11-15(2,3)12-8-9-16(11,10-12)14(18)17-13-6-4-5-7-13/h12-13H,1,4-10H2,2-3H3,(H,17,18)/t12-,16-/m0/s1. The van der Waals surface area contributed by atoms with Crippen molar-refractivity contribution in [2.75, 3.05) is 0 Å². The number of carbonyl (C=O) groups is 1. The molecule has 3 rings (SSSR count). The van der Waals surface area contributed by atoms with Crippen LogP contribution in [0.1, 0.15) is 58.8 Å². The van der Waals surface area contributed by atoms with E-state index in [0.717, 1.165) is 12.8 Å². The van der Waals surface area contributed by atoms with Crippen molar-refractivity contribution in [1.82, 2.24) is 5.32 Å². The third-order valence-corrected chi connectivity index (χ3v) is 6.02. The van der Waals surface area contributed by atoms with Crippen LogP contribution in [0.4, 0.5) is 0 Å². The van der Waals surface area contributed by atoms with Gasteiger partial charge in [0.2, 0.25) is 5.91 Å². The van der Waals surface area contributed by atoms with Crippen molar-refractivity contribution in [3.8, 4) is 0 Å². The average Bonchev–Trinajstić information content (AvgIpc) is 2.98. The van der Waals surface area contributed by atoms with Crippen molar-refractivity contribution in [3.63, 3.8) is 0 Å². The van der Waals surface area contributed by atoms with E-state index < -0.39 is 0 Å². The van der Waals surface area contributed by atoms with E-state index in [1.807, 2.05) is 0 Å². The van der Waals surface area contributed by atoms with Crippen molar-refractivity contribution >= 4 is 5.91 Å². The molecular weight excluding hydrogens is 222 g/mol. The topological polar surface area (TPSA) is 29.1 Å². The lowest BCUT2D eigenvalue weighted by Crippen LogP contribution is -2.45. The second-order valence-corrected chi connectivity index (χ2v) is 7.18. The molecule has 3 aliphatic rings. The highest BCUT2D eigenvalue weighted by Crippen LogP contribution is 2.65. The van der Waals surface area contributed by atoms with Crippen LogP contribution in [0, 0.1) is 16.7 Å². The van der Waals surface area contributed by atoms with Crippen molar-refractivity contribution in [2.45, 2.75) is 64.8 Å². The molecule has 0 aromatic heterocycles. The maximum Gasteiger partial charge on any atom is 0.230 e. The first-order valence-electron chi connectivity index (χ1n) is 7.48. The van der Waals surface area contributed by atoms with Gasteiger partial charge in [-0.15, -0.1) is 0 Å². The number of hydrogen-bond donors (Lipinski definition) is 1. The van der Waals surface area contributed by atoms with Gasteiger partial charge in [0.05, 0.1) is 5.41 Å². The van der Waals surface area contributed by atoms with Gasteiger partial charge in [-0.3, -0.25) is 4.79 Å². The highest BCUT2D eigenvalue weighted by atomic mass is 16.2. The Kier molecular flexibility index (Phi) is 2.62. The molecule has 1 amide bonds. The maximum absolute atomic E-state index is 12.7. The van der Waals surface area contributed by atoms with Crippen molar-refractivity contribution in [1.29, 1.82) is 0 Å². The monoisotopic (exact) mass is 247 g/mol. The van der Waals surface area contributed by atoms with Crippen LogP contribution in [0.2, 0.25) is 0 Å². The molecule has 0 aromatic rings. The zero-order valence-corrected chi connectivity index (χ0v) is 11.7. The van der Waals surface area contributed by atoms with Gasteiger partial charge in [-0.1, -0.05) is 38.8 Å². The van der Waals surface area contributed by atoms with Gasteiger partial charge in [-0.2, -0.15) is 0 Å². The van der Waals surface area contributed by atoms with Crippen LogP contribution in [0.15, 0.2) is 12.2 Å². The lowest BCUT2D eigenvalue weighted by molar-refractivity contribution is -0.129. The molecule has 2 atom stereocenters. The summed E-state index contributed by atoms with van der Waals surface area (Å²) >= 11 is 0. The van der Waals surface area contributed by atoms with Crippen LogP contribution in [0.5, 0.6) is 0 Å². The maximum atomic E-state index is 12.7. The summed E-state index contributed by atoms with van der Waals surface area (Å²) in [6, 6.07) is 0.433. The van der Waals surface area contributed by atoms with E-state index in [4.69, 9.17) is 0 Å². The fourth-order valence-electron chi connectivity index (χ4n) is 4.54. The normalized spacial score (nSPS) is 38.3. The molecular formula is C16H25NO. The van der Waals surface area contributed by atoms with Crippen LogP contribution in [-0.4, -0.2) is 11.9 Å². The van der Waals surface area contributed by atoms with Crippen LogP contribution >= 0.6 is 0 Å². The zero-order valence-electron chi connectivity index (χ0n) is 11.7. The average molecular weight is 247 g/mol. The van der Waals surface area contributed by atoms with Gasteiger partial charge in [0.1, 0.15) is 0 Å². The molecule has 0 aliphatic heterocycles. The van der Waals surface area contributed by atoms with Gasteiger partial charge >= 0.3 is 0 Å². The minimum Gasteiger partial charge on any atom is -0.353 e. The van der Waals surface area contributed by atoms with Gasteiger partial charge in [-0.05, 0) is 43.4 Å². The van der Waals surface area contributed by atoms with Crippen LogP contribution in [0.25, 0.3) is 0 Å². The summed E-state index contributed by atoms with van der Waals surface area (Å²) in [7, 11) is 0. The smallest absolute Gasteiger partial charge is 0.230 e. The Balaban J connectivity index is 1.78. The van der Waals surface area contributed by atoms with Gasteiger partial charge < -0.3 is 5.32 Å². The van der Waals surface area contributed by atoms with E-state index in [2.05, 4.69) is 25.7 Å². The highest BCUT2D eigenvalue weighted by molar-refractivity contribution is 5.87. The van der Waals surface area contributed by atoms with Gasteiger partial charge in [-0.25, -0.2) is 0 Å². The Labute approximate surface area is 110 Å². The van der Waals surface area contributed by atoms with Crippen LogP contribution < -0.4 is 5.32 Å². The SMILES string of the molecule is C=C1C(C)(C)[C@H]2CC[C@]1(C(=O)NC1CCCC1)C2. The first-order valence-corrected chi connectivity index (χ1v) is 7.48. The first-order chi connectivity index (χ1) is 8.47.